The van der Waals surface area contributed by atoms with Crippen molar-refractivity contribution in [2.45, 2.75) is 25.7 Å². The summed E-state index contributed by atoms with van der Waals surface area (Å²) in [4.78, 5) is 0. The number of halogens is 1. The van der Waals surface area contributed by atoms with E-state index in [9.17, 15) is 0 Å². The van der Waals surface area contributed by atoms with Gasteiger partial charge in [0.1, 0.15) is 0 Å². The second-order valence-corrected chi connectivity index (χ2v) is 4.51. The van der Waals surface area contributed by atoms with Gasteiger partial charge in [-0.15, -0.1) is 0 Å². The minimum Gasteiger partial charge on any atom is -0.384 e. The minimum atomic E-state index is 0.720. The van der Waals surface area contributed by atoms with Crippen molar-refractivity contribution in [3.8, 4) is 0 Å². The summed E-state index contributed by atoms with van der Waals surface area (Å²) in [5.41, 5.74) is 2.80. The molecule has 1 aliphatic rings. The van der Waals surface area contributed by atoms with Crippen LogP contribution in [0.25, 0.3) is 0 Å². The molecule has 13 heavy (non-hydrogen) atoms. The van der Waals surface area contributed by atoms with Crippen LogP contribution >= 0.6 is 15.9 Å². The fraction of sp³-hybridized carbons (Fsp3) is 0.455. The van der Waals surface area contributed by atoms with E-state index >= 15 is 0 Å². The molecule has 1 atom stereocenters. The van der Waals surface area contributed by atoms with Gasteiger partial charge in [0.15, 0.2) is 0 Å². The highest BCUT2D eigenvalue weighted by atomic mass is 79.9. The van der Waals surface area contributed by atoms with Crippen LogP contribution in [0.3, 0.4) is 0 Å². The number of benzene rings is 1. The van der Waals surface area contributed by atoms with Gasteiger partial charge in [-0.25, -0.2) is 0 Å². The molecule has 1 N–H and O–H groups in total. The van der Waals surface area contributed by atoms with Gasteiger partial charge < -0.3 is 5.32 Å². The average Bonchev–Trinajstić information content (AvgIpc) is 2.49. The van der Waals surface area contributed by atoms with Crippen LogP contribution < -0.4 is 5.32 Å². The van der Waals surface area contributed by atoms with Crippen molar-refractivity contribution in [1.82, 2.24) is 0 Å². The Morgan fingerprint density at radius 1 is 1.54 bits per heavy atom. The van der Waals surface area contributed by atoms with Gasteiger partial charge in [0, 0.05) is 22.6 Å². The molecule has 0 fully saturated rings. The lowest BCUT2D eigenvalue weighted by Gasteiger charge is -2.07. The summed E-state index contributed by atoms with van der Waals surface area (Å²) in [6, 6.07) is 6.50. The molecule has 0 saturated carbocycles. The van der Waals surface area contributed by atoms with Gasteiger partial charge >= 0.3 is 0 Å². The van der Waals surface area contributed by atoms with Crippen molar-refractivity contribution in [3.05, 3.63) is 28.2 Å². The summed E-state index contributed by atoms with van der Waals surface area (Å²) in [5, 5.41) is 3.44. The highest BCUT2D eigenvalue weighted by molar-refractivity contribution is 9.10. The zero-order valence-electron chi connectivity index (χ0n) is 7.81. The molecule has 1 aromatic carbocycles. The molecule has 0 saturated heterocycles. The van der Waals surface area contributed by atoms with Gasteiger partial charge in [0.2, 0.25) is 0 Å². The number of fused-ring (bicyclic) bond motifs is 1. The largest absolute Gasteiger partial charge is 0.384 e. The standard InChI is InChI=1S/C11H14BrN/c1-2-3-8-7-13-11-5-4-9(12)6-10(8)11/h4-6,8,13H,2-3,7H2,1H3/t8-/m0/s1. The Balaban J connectivity index is 2.29. The van der Waals surface area contributed by atoms with Crippen molar-refractivity contribution >= 4 is 21.6 Å². The van der Waals surface area contributed by atoms with Crippen molar-refractivity contribution < 1.29 is 0 Å². The van der Waals surface area contributed by atoms with Gasteiger partial charge in [0.05, 0.1) is 0 Å². The monoisotopic (exact) mass is 239 g/mol. The molecule has 2 rings (SSSR count). The third-order valence-electron chi connectivity index (χ3n) is 2.63. The molecule has 0 spiro atoms. The van der Waals surface area contributed by atoms with Gasteiger partial charge in [-0.05, 0) is 30.2 Å². The van der Waals surface area contributed by atoms with E-state index in [4.69, 9.17) is 0 Å². The van der Waals surface area contributed by atoms with E-state index in [1.165, 1.54) is 28.6 Å². The summed E-state index contributed by atoms with van der Waals surface area (Å²) >= 11 is 3.52. The normalized spacial score (nSPS) is 19.7. The van der Waals surface area contributed by atoms with Crippen LogP contribution in [0.1, 0.15) is 31.2 Å². The molecule has 0 aliphatic carbocycles. The highest BCUT2D eigenvalue weighted by Crippen LogP contribution is 2.35. The van der Waals surface area contributed by atoms with Crippen molar-refractivity contribution in [1.29, 1.82) is 0 Å². The summed E-state index contributed by atoms with van der Waals surface area (Å²) in [5.74, 6) is 0.720. The highest BCUT2D eigenvalue weighted by Gasteiger charge is 2.20. The van der Waals surface area contributed by atoms with E-state index in [1.807, 2.05) is 0 Å². The van der Waals surface area contributed by atoms with Crippen LogP contribution in [0, 0.1) is 0 Å². The Morgan fingerprint density at radius 3 is 3.15 bits per heavy atom. The quantitative estimate of drug-likeness (QED) is 0.829. The Bertz CT molecular complexity index is 307. The van der Waals surface area contributed by atoms with Gasteiger partial charge in [0.25, 0.3) is 0 Å². The van der Waals surface area contributed by atoms with Crippen LogP contribution in [0.5, 0.6) is 0 Å². The number of nitrogens with one attached hydrogen (secondary N) is 1. The Kier molecular flexibility index (Phi) is 2.58. The predicted octanol–water partition coefficient (Wildman–Crippen LogP) is 3.76. The smallest absolute Gasteiger partial charge is 0.0377 e. The maximum absolute atomic E-state index is 3.52. The van der Waals surface area contributed by atoms with Gasteiger partial charge in [-0.2, -0.15) is 0 Å². The average molecular weight is 240 g/mol. The summed E-state index contributed by atoms with van der Waals surface area (Å²) in [7, 11) is 0. The lowest BCUT2D eigenvalue weighted by molar-refractivity contribution is 0.661. The zero-order chi connectivity index (χ0) is 9.26. The van der Waals surface area contributed by atoms with Gasteiger partial charge in [-0.3, -0.25) is 0 Å². The Morgan fingerprint density at radius 2 is 2.38 bits per heavy atom. The van der Waals surface area contributed by atoms with Crippen molar-refractivity contribution in [3.63, 3.8) is 0 Å². The lowest BCUT2D eigenvalue weighted by atomic mass is 9.97. The van der Waals surface area contributed by atoms with Gasteiger partial charge in [-0.1, -0.05) is 29.3 Å². The number of anilines is 1. The molecule has 0 radical (unpaired) electrons. The molecule has 70 valence electrons. The van der Waals surface area contributed by atoms with Crippen LogP contribution in [0.4, 0.5) is 5.69 Å². The van der Waals surface area contributed by atoms with E-state index < -0.39 is 0 Å². The predicted molar refractivity (Wildman–Crippen MR) is 60.3 cm³/mol. The van der Waals surface area contributed by atoms with E-state index in [2.05, 4.69) is 46.4 Å². The fourth-order valence-electron chi connectivity index (χ4n) is 1.98. The number of hydrogen-bond donors (Lipinski definition) is 1. The van der Waals surface area contributed by atoms with Crippen molar-refractivity contribution in [2.75, 3.05) is 11.9 Å². The molecule has 0 unspecified atom stereocenters. The summed E-state index contributed by atoms with van der Waals surface area (Å²) in [6.07, 6.45) is 2.55. The molecule has 0 bridgehead atoms. The molecule has 1 aliphatic heterocycles. The van der Waals surface area contributed by atoms with Crippen LogP contribution in [-0.2, 0) is 0 Å². The van der Waals surface area contributed by atoms with Crippen molar-refractivity contribution in [2.24, 2.45) is 0 Å². The molecular formula is C11H14BrN. The first kappa shape index (κ1) is 9.07. The first-order valence-corrected chi connectivity index (χ1v) is 5.64. The minimum absolute atomic E-state index is 0.720. The van der Waals surface area contributed by atoms with E-state index in [1.54, 1.807) is 0 Å². The molecule has 0 aromatic heterocycles. The number of hydrogen-bond acceptors (Lipinski definition) is 1. The second-order valence-electron chi connectivity index (χ2n) is 3.60. The molecule has 2 heteroatoms. The Hall–Kier alpha value is -0.500. The molecular weight excluding hydrogens is 226 g/mol. The van der Waals surface area contributed by atoms with E-state index in [-0.39, 0.29) is 0 Å². The fourth-order valence-corrected chi connectivity index (χ4v) is 2.36. The van der Waals surface area contributed by atoms with Crippen LogP contribution in [0.15, 0.2) is 22.7 Å². The molecule has 1 nitrogen and oxygen atoms in total. The summed E-state index contributed by atoms with van der Waals surface area (Å²) < 4.78 is 1.19. The third kappa shape index (κ3) is 1.73. The first-order chi connectivity index (χ1) is 6.31. The topological polar surface area (TPSA) is 12.0 Å². The van der Waals surface area contributed by atoms with E-state index in [0.717, 1.165) is 12.5 Å². The second kappa shape index (κ2) is 3.70. The molecule has 1 heterocycles. The lowest BCUT2D eigenvalue weighted by Crippen LogP contribution is -2.00. The Labute approximate surface area is 87.7 Å². The van der Waals surface area contributed by atoms with E-state index in [0.29, 0.717) is 0 Å². The summed E-state index contributed by atoms with van der Waals surface area (Å²) in [6.45, 7) is 3.36. The zero-order valence-corrected chi connectivity index (χ0v) is 9.39. The maximum atomic E-state index is 3.52. The maximum Gasteiger partial charge on any atom is 0.0377 e. The molecule has 0 amide bonds. The molecule has 1 aromatic rings. The SMILES string of the molecule is CCC[C@H]1CNc2ccc(Br)cc21. The number of rotatable bonds is 2. The van der Waals surface area contributed by atoms with Crippen LogP contribution in [-0.4, -0.2) is 6.54 Å². The van der Waals surface area contributed by atoms with Crippen LogP contribution in [0.2, 0.25) is 0 Å². The third-order valence-corrected chi connectivity index (χ3v) is 3.12. The first-order valence-electron chi connectivity index (χ1n) is 4.84.